The number of hydrogen-bond acceptors (Lipinski definition) is 2. The zero-order chi connectivity index (χ0) is 14.0. The number of benzene rings is 1. The minimum atomic E-state index is -1.22. The van der Waals surface area contributed by atoms with E-state index in [1.54, 1.807) is 6.07 Å². The van der Waals surface area contributed by atoms with Crippen LogP contribution in [0.5, 0.6) is 0 Å². The predicted octanol–water partition coefficient (Wildman–Crippen LogP) is 3.29. The number of carboxylic acid groups (broad SMARTS) is 1. The van der Waals surface area contributed by atoms with E-state index in [-0.39, 0.29) is 5.56 Å². The average Bonchev–Trinajstić information content (AvgIpc) is 2.70. The lowest BCUT2D eigenvalue weighted by atomic mass is 10.1. The monoisotopic (exact) mass is 265 g/mol. The van der Waals surface area contributed by atoms with Crippen molar-refractivity contribution in [2.75, 3.05) is 0 Å². The van der Waals surface area contributed by atoms with Gasteiger partial charge >= 0.3 is 5.97 Å². The predicted molar refractivity (Wildman–Crippen MR) is 71.7 cm³/mol. The van der Waals surface area contributed by atoms with Crippen molar-refractivity contribution in [3.05, 3.63) is 35.1 Å². The fourth-order valence-electron chi connectivity index (χ4n) is 2.89. The summed E-state index contributed by atoms with van der Waals surface area (Å²) in [7, 11) is 0. The van der Waals surface area contributed by atoms with Crippen molar-refractivity contribution >= 4 is 5.97 Å². The third-order valence-electron chi connectivity index (χ3n) is 4.05. The van der Waals surface area contributed by atoms with Crippen molar-refractivity contribution < 1.29 is 14.3 Å². The van der Waals surface area contributed by atoms with Crippen molar-refractivity contribution in [1.82, 2.24) is 4.90 Å². The maximum atomic E-state index is 13.7. The Labute approximate surface area is 113 Å². The second kappa shape index (κ2) is 5.70. The number of carbonyl (C=O) groups is 1. The Balaban J connectivity index is 2.15. The molecule has 3 nitrogen and oxygen atoms in total. The molecule has 1 heterocycles. The number of hydrogen-bond donors (Lipinski definition) is 1. The van der Waals surface area contributed by atoms with E-state index >= 15 is 0 Å². The molecule has 19 heavy (non-hydrogen) atoms. The molecule has 1 saturated heterocycles. The number of rotatable bonds is 4. The second-order valence-corrected chi connectivity index (χ2v) is 5.28. The van der Waals surface area contributed by atoms with Crippen molar-refractivity contribution in [3.63, 3.8) is 0 Å². The summed E-state index contributed by atoms with van der Waals surface area (Å²) in [6.45, 7) is 5.05. The number of carboxylic acids is 1. The Morgan fingerprint density at radius 3 is 2.79 bits per heavy atom. The Morgan fingerprint density at radius 1 is 1.47 bits per heavy atom. The van der Waals surface area contributed by atoms with Gasteiger partial charge in [0, 0.05) is 18.6 Å². The molecule has 0 aromatic heterocycles. The summed E-state index contributed by atoms with van der Waals surface area (Å²) in [5.74, 6) is -1.87. The molecule has 0 spiro atoms. The van der Waals surface area contributed by atoms with E-state index in [9.17, 15) is 9.18 Å². The highest BCUT2D eigenvalue weighted by Crippen LogP contribution is 2.28. The fraction of sp³-hybridized carbons (Fsp3) is 0.533. The molecule has 2 atom stereocenters. The maximum absolute atomic E-state index is 13.7. The minimum Gasteiger partial charge on any atom is -0.478 e. The molecule has 1 fully saturated rings. The number of nitrogens with zero attached hydrogens (tertiary/aromatic N) is 1. The summed E-state index contributed by atoms with van der Waals surface area (Å²) in [4.78, 5) is 13.2. The van der Waals surface area contributed by atoms with Gasteiger partial charge in [0.2, 0.25) is 0 Å². The van der Waals surface area contributed by atoms with Gasteiger partial charge in [-0.15, -0.1) is 0 Å². The number of aromatic carboxylic acids is 1. The second-order valence-electron chi connectivity index (χ2n) is 5.28. The molecule has 2 unspecified atom stereocenters. The van der Waals surface area contributed by atoms with Gasteiger partial charge in [-0.25, -0.2) is 9.18 Å². The lowest BCUT2D eigenvalue weighted by molar-refractivity contribution is 0.0692. The average molecular weight is 265 g/mol. The molecular weight excluding hydrogens is 245 g/mol. The Morgan fingerprint density at radius 2 is 2.21 bits per heavy atom. The van der Waals surface area contributed by atoms with Gasteiger partial charge in [-0.05, 0) is 43.9 Å². The zero-order valence-corrected chi connectivity index (χ0v) is 11.4. The van der Waals surface area contributed by atoms with Crippen LogP contribution >= 0.6 is 0 Å². The van der Waals surface area contributed by atoms with E-state index in [2.05, 4.69) is 18.7 Å². The molecule has 0 radical (unpaired) electrons. The largest absolute Gasteiger partial charge is 0.478 e. The van der Waals surface area contributed by atoms with E-state index in [1.807, 2.05) is 0 Å². The molecule has 1 aliphatic rings. The highest BCUT2D eigenvalue weighted by atomic mass is 19.1. The van der Waals surface area contributed by atoms with Gasteiger partial charge in [-0.1, -0.05) is 13.0 Å². The number of halogens is 1. The lowest BCUT2D eigenvalue weighted by Crippen LogP contribution is -2.33. The molecule has 1 N–H and O–H groups in total. The van der Waals surface area contributed by atoms with E-state index in [1.165, 1.54) is 25.0 Å². The summed E-state index contributed by atoms with van der Waals surface area (Å²) in [5, 5.41) is 8.81. The summed E-state index contributed by atoms with van der Waals surface area (Å²) in [5.41, 5.74) is 0.583. The van der Waals surface area contributed by atoms with Crippen molar-refractivity contribution in [2.24, 2.45) is 0 Å². The first-order valence-electron chi connectivity index (χ1n) is 6.80. The van der Waals surface area contributed by atoms with Crippen LogP contribution in [-0.4, -0.2) is 28.1 Å². The molecule has 1 aliphatic heterocycles. The van der Waals surface area contributed by atoms with E-state index < -0.39 is 11.8 Å². The standard InChI is InChI=1S/C15H20FNO2/c1-3-12-6-4-10(2)17(12)9-11-5-7-13(15(18)19)14(16)8-11/h5,7-8,10,12H,3-4,6,9H2,1-2H3,(H,18,19). The highest BCUT2D eigenvalue weighted by Gasteiger charge is 2.29. The van der Waals surface area contributed by atoms with Crippen LogP contribution in [0.3, 0.4) is 0 Å². The molecule has 0 bridgehead atoms. The van der Waals surface area contributed by atoms with Gasteiger partial charge in [0.15, 0.2) is 0 Å². The third kappa shape index (κ3) is 2.95. The molecule has 2 rings (SSSR count). The van der Waals surface area contributed by atoms with Crippen LogP contribution in [0.25, 0.3) is 0 Å². The summed E-state index contributed by atoms with van der Waals surface area (Å²) in [6.07, 6.45) is 3.46. The first kappa shape index (κ1) is 14.0. The fourth-order valence-corrected chi connectivity index (χ4v) is 2.89. The van der Waals surface area contributed by atoms with Gasteiger partial charge in [0.05, 0.1) is 5.56 Å². The smallest absolute Gasteiger partial charge is 0.338 e. The van der Waals surface area contributed by atoms with Crippen molar-refractivity contribution in [3.8, 4) is 0 Å². The van der Waals surface area contributed by atoms with Gasteiger partial charge in [-0.2, -0.15) is 0 Å². The molecule has 4 heteroatoms. The molecule has 1 aromatic rings. The van der Waals surface area contributed by atoms with Crippen LogP contribution in [0.1, 0.15) is 49.0 Å². The molecule has 1 aromatic carbocycles. The highest BCUT2D eigenvalue weighted by molar-refractivity contribution is 5.87. The quantitative estimate of drug-likeness (QED) is 0.908. The maximum Gasteiger partial charge on any atom is 0.338 e. The van der Waals surface area contributed by atoms with Gasteiger partial charge in [0.1, 0.15) is 5.82 Å². The normalized spacial score (nSPS) is 23.7. The first-order chi connectivity index (χ1) is 9.02. The molecule has 0 saturated carbocycles. The molecule has 104 valence electrons. The van der Waals surface area contributed by atoms with Crippen LogP contribution in [-0.2, 0) is 6.54 Å². The Kier molecular flexibility index (Phi) is 4.20. The van der Waals surface area contributed by atoms with Crippen LogP contribution in [0, 0.1) is 5.82 Å². The summed E-state index contributed by atoms with van der Waals surface area (Å²) < 4.78 is 13.7. The SMILES string of the molecule is CCC1CCC(C)N1Cc1ccc(C(=O)O)c(F)c1. The van der Waals surface area contributed by atoms with Crippen molar-refractivity contribution in [1.29, 1.82) is 0 Å². The van der Waals surface area contributed by atoms with Gasteiger partial charge < -0.3 is 5.11 Å². The minimum absolute atomic E-state index is 0.259. The third-order valence-corrected chi connectivity index (χ3v) is 4.05. The van der Waals surface area contributed by atoms with Gasteiger partial charge in [-0.3, -0.25) is 4.90 Å². The molecular formula is C15H20FNO2. The van der Waals surface area contributed by atoms with Crippen LogP contribution in [0.15, 0.2) is 18.2 Å². The number of likely N-dealkylation sites (tertiary alicyclic amines) is 1. The van der Waals surface area contributed by atoms with E-state index in [0.717, 1.165) is 12.0 Å². The van der Waals surface area contributed by atoms with Crippen LogP contribution in [0.2, 0.25) is 0 Å². The van der Waals surface area contributed by atoms with E-state index in [4.69, 9.17) is 5.11 Å². The first-order valence-corrected chi connectivity index (χ1v) is 6.80. The topological polar surface area (TPSA) is 40.5 Å². The van der Waals surface area contributed by atoms with E-state index in [0.29, 0.717) is 18.6 Å². The van der Waals surface area contributed by atoms with Gasteiger partial charge in [0.25, 0.3) is 0 Å². The Bertz CT molecular complexity index is 475. The summed E-state index contributed by atoms with van der Waals surface area (Å²) >= 11 is 0. The molecule has 0 aliphatic carbocycles. The zero-order valence-electron chi connectivity index (χ0n) is 11.4. The summed E-state index contributed by atoms with van der Waals surface area (Å²) in [6, 6.07) is 5.48. The van der Waals surface area contributed by atoms with Crippen LogP contribution in [0.4, 0.5) is 4.39 Å². The van der Waals surface area contributed by atoms with Crippen LogP contribution < -0.4 is 0 Å². The molecule has 0 amide bonds. The van der Waals surface area contributed by atoms with Crippen molar-refractivity contribution in [2.45, 2.75) is 51.7 Å². The lowest BCUT2D eigenvalue weighted by Gasteiger charge is -2.27. The Hall–Kier alpha value is -1.42.